The quantitative estimate of drug-likeness (QED) is 0.797. The van der Waals surface area contributed by atoms with Crippen molar-refractivity contribution < 1.29 is 13.2 Å². The summed E-state index contributed by atoms with van der Waals surface area (Å²) in [6.07, 6.45) is 6.02. The van der Waals surface area contributed by atoms with Gasteiger partial charge < -0.3 is 4.74 Å². The molecule has 1 aromatic heterocycles. The number of pyridine rings is 1. The number of benzene rings is 1. The highest BCUT2D eigenvalue weighted by Crippen LogP contribution is 2.26. The number of nitrogens with zero attached hydrogens (tertiary/aromatic N) is 2. The molecule has 2 heterocycles. The highest BCUT2D eigenvalue weighted by atomic mass is 35.5. The van der Waals surface area contributed by atoms with Gasteiger partial charge in [0.15, 0.2) is 0 Å². The fourth-order valence-electron chi connectivity index (χ4n) is 2.68. The molecule has 132 valence electrons. The average molecular weight is 379 g/mol. The largest absolute Gasteiger partial charge is 0.487 e. The summed E-state index contributed by atoms with van der Waals surface area (Å²) in [5.41, 5.74) is 0.847. The minimum absolute atomic E-state index is 0.228. The molecule has 0 spiro atoms. The molecule has 0 aliphatic carbocycles. The summed E-state index contributed by atoms with van der Waals surface area (Å²) in [4.78, 5) is 3.92. The third kappa shape index (κ3) is 4.81. The zero-order valence-corrected chi connectivity index (χ0v) is 15.2. The second-order valence-electron chi connectivity index (χ2n) is 5.80. The van der Waals surface area contributed by atoms with Crippen LogP contribution in [0.15, 0.2) is 54.2 Å². The van der Waals surface area contributed by atoms with E-state index < -0.39 is 10.0 Å². The zero-order chi connectivity index (χ0) is 17.7. The second kappa shape index (κ2) is 7.99. The molecule has 1 aliphatic heterocycles. The van der Waals surface area contributed by atoms with E-state index in [0.29, 0.717) is 23.9 Å². The van der Waals surface area contributed by atoms with Gasteiger partial charge in [0.25, 0.3) is 0 Å². The number of rotatable bonds is 5. The van der Waals surface area contributed by atoms with Crippen molar-refractivity contribution in [1.82, 2.24) is 9.29 Å². The predicted molar refractivity (Wildman–Crippen MR) is 98.9 cm³/mol. The van der Waals surface area contributed by atoms with Crippen LogP contribution < -0.4 is 4.74 Å². The third-order valence-electron chi connectivity index (χ3n) is 3.96. The van der Waals surface area contributed by atoms with Gasteiger partial charge in [0, 0.05) is 30.4 Å². The summed E-state index contributed by atoms with van der Waals surface area (Å²) < 4.78 is 32.5. The molecule has 0 saturated carbocycles. The molecule has 0 N–H and O–H groups in total. The van der Waals surface area contributed by atoms with E-state index in [4.69, 9.17) is 16.3 Å². The molecule has 0 bridgehead atoms. The van der Waals surface area contributed by atoms with E-state index in [9.17, 15) is 8.42 Å². The summed E-state index contributed by atoms with van der Waals surface area (Å²) in [6.45, 7) is 0.797. The number of hydrogen-bond donors (Lipinski definition) is 0. The molecule has 1 aliphatic rings. The van der Waals surface area contributed by atoms with E-state index in [1.807, 2.05) is 30.3 Å². The van der Waals surface area contributed by atoms with Crippen LogP contribution in [0.25, 0.3) is 6.08 Å². The first-order valence-corrected chi connectivity index (χ1v) is 9.92. The van der Waals surface area contributed by atoms with E-state index in [0.717, 1.165) is 18.4 Å². The molecule has 5 nitrogen and oxygen atoms in total. The minimum atomic E-state index is -3.49. The van der Waals surface area contributed by atoms with Gasteiger partial charge in [0.2, 0.25) is 10.0 Å². The summed E-state index contributed by atoms with van der Waals surface area (Å²) in [6, 6.07) is 11.0. The molecule has 1 saturated heterocycles. The van der Waals surface area contributed by atoms with Crippen LogP contribution in [0.2, 0.25) is 5.02 Å². The topological polar surface area (TPSA) is 59.5 Å². The molecule has 25 heavy (non-hydrogen) atoms. The number of aromatic nitrogens is 1. The number of halogens is 1. The van der Waals surface area contributed by atoms with Crippen molar-refractivity contribution in [3.8, 4) is 5.75 Å². The Labute approximate surface area is 153 Å². The molecule has 1 atom stereocenters. The zero-order valence-electron chi connectivity index (χ0n) is 13.6. The molecule has 1 fully saturated rings. The first kappa shape index (κ1) is 17.9. The maximum atomic E-state index is 12.6. The maximum absolute atomic E-state index is 12.6. The lowest BCUT2D eigenvalue weighted by atomic mass is 10.1. The Morgan fingerprint density at radius 2 is 2.04 bits per heavy atom. The lowest BCUT2D eigenvalue weighted by molar-refractivity contribution is 0.130. The number of ether oxygens (including phenoxy) is 1. The van der Waals surface area contributed by atoms with Crippen molar-refractivity contribution in [3.05, 3.63) is 64.8 Å². The Bertz CT molecular complexity index is 840. The molecular formula is C18H19ClN2O3S. The van der Waals surface area contributed by atoms with Gasteiger partial charge in [-0.05, 0) is 24.5 Å². The van der Waals surface area contributed by atoms with Gasteiger partial charge in [0.05, 0.1) is 6.54 Å². The molecule has 1 aromatic carbocycles. The highest BCUT2D eigenvalue weighted by molar-refractivity contribution is 7.92. The maximum Gasteiger partial charge on any atom is 0.236 e. The third-order valence-corrected chi connectivity index (χ3v) is 5.78. The van der Waals surface area contributed by atoms with Crippen molar-refractivity contribution in [2.75, 3.05) is 13.1 Å². The van der Waals surface area contributed by atoms with Gasteiger partial charge >= 0.3 is 0 Å². The number of piperidine rings is 1. The summed E-state index contributed by atoms with van der Waals surface area (Å²) in [5.74, 6) is 0.528. The van der Waals surface area contributed by atoms with Gasteiger partial charge in [0.1, 0.15) is 16.9 Å². The molecule has 3 rings (SSSR count). The molecule has 2 aromatic rings. The smallest absolute Gasteiger partial charge is 0.236 e. The van der Waals surface area contributed by atoms with Gasteiger partial charge in [-0.25, -0.2) is 8.42 Å². The monoisotopic (exact) mass is 378 g/mol. The van der Waals surface area contributed by atoms with Crippen LogP contribution in [-0.4, -0.2) is 36.9 Å². The summed E-state index contributed by atoms with van der Waals surface area (Å²) >= 11 is 6.06. The van der Waals surface area contributed by atoms with Crippen LogP contribution in [0, 0.1) is 0 Å². The molecule has 7 heteroatoms. The molecule has 0 amide bonds. The van der Waals surface area contributed by atoms with Gasteiger partial charge in [-0.1, -0.05) is 41.9 Å². The van der Waals surface area contributed by atoms with Gasteiger partial charge in [-0.2, -0.15) is 4.31 Å². The van der Waals surface area contributed by atoms with E-state index >= 15 is 0 Å². The predicted octanol–water partition coefficient (Wildman–Crippen LogP) is 3.58. The number of sulfonamides is 1. The second-order valence-corrected chi connectivity index (χ2v) is 8.03. The lowest BCUT2D eigenvalue weighted by Gasteiger charge is -2.31. The van der Waals surface area contributed by atoms with Crippen LogP contribution in [-0.2, 0) is 10.0 Å². The van der Waals surface area contributed by atoms with Gasteiger partial charge in [-0.15, -0.1) is 0 Å². The highest BCUT2D eigenvalue weighted by Gasteiger charge is 2.28. The Balaban J connectivity index is 1.68. The van der Waals surface area contributed by atoms with Crippen LogP contribution in [0.5, 0.6) is 5.75 Å². The SMILES string of the molecule is O=S(=O)(/C=C/c1ccccc1)N1CCC[C@@H](Oc2ccncc2Cl)C1. The standard InChI is InChI=1S/C18H19ClN2O3S/c19-17-13-20-10-8-18(17)24-16-7-4-11-21(14-16)25(22,23)12-9-15-5-2-1-3-6-15/h1-3,5-6,8-10,12-13,16H,4,7,11,14H2/b12-9+/t16-/m1/s1. The van der Waals surface area contributed by atoms with Crippen LogP contribution in [0.1, 0.15) is 18.4 Å². The Morgan fingerprint density at radius 3 is 2.80 bits per heavy atom. The van der Waals surface area contributed by atoms with E-state index in [-0.39, 0.29) is 6.10 Å². The fourth-order valence-corrected chi connectivity index (χ4v) is 4.11. The molecular weight excluding hydrogens is 360 g/mol. The summed E-state index contributed by atoms with van der Waals surface area (Å²) in [5, 5.41) is 1.68. The lowest BCUT2D eigenvalue weighted by Crippen LogP contribution is -2.43. The van der Waals surface area contributed by atoms with Crippen molar-refractivity contribution in [3.63, 3.8) is 0 Å². The first-order valence-electron chi connectivity index (χ1n) is 8.04. The van der Waals surface area contributed by atoms with Crippen LogP contribution >= 0.6 is 11.6 Å². The average Bonchev–Trinajstić information content (AvgIpc) is 2.63. The molecule has 0 unspecified atom stereocenters. The number of hydrogen-bond acceptors (Lipinski definition) is 4. The van der Waals surface area contributed by atoms with Crippen molar-refractivity contribution in [1.29, 1.82) is 0 Å². The normalized spacial score (nSPS) is 19.2. The Kier molecular flexibility index (Phi) is 5.73. The minimum Gasteiger partial charge on any atom is -0.487 e. The Morgan fingerprint density at radius 1 is 1.24 bits per heavy atom. The van der Waals surface area contributed by atoms with E-state index in [2.05, 4.69) is 4.98 Å². The fraction of sp³-hybridized carbons (Fsp3) is 0.278. The van der Waals surface area contributed by atoms with Crippen molar-refractivity contribution in [2.45, 2.75) is 18.9 Å². The van der Waals surface area contributed by atoms with Crippen LogP contribution in [0.3, 0.4) is 0 Å². The van der Waals surface area contributed by atoms with E-state index in [1.165, 1.54) is 15.9 Å². The summed E-state index contributed by atoms with van der Waals surface area (Å²) in [7, 11) is -3.49. The van der Waals surface area contributed by atoms with Gasteiger partial charge in [-0.3, -0.25) is 4.98 Å². The Hall–Kier alpha value is -1.89. The van der Waals surface area contributed by atoms with Crippen molar-refractivity contribution in [2.24, 2.45) is 0 Å². The van der Waals surface area contributed by atoms with Crippen LogP contribution in [0.4, 0.5) is 0 Å². The van der Waals surface area contributed by atoms with Crippen molar-refractivity contribution >= 4 is 27.7 Å². The first-order chi connectivity index (χ1) is 12.0. The van der Waals surface area contributed by atoms with E-state index in [1.54, 1.807) is 18.3 Å². The molecule has 0 radical (unpaired) electrons.